The zero-order valence-corrected chi connectivity index (χ0v) is 14.3. The Morgan fingerprint density at radius 2 is 1.73 bits per heavy atom. The molecule has 26 heavy (non-hydrogen) atoms. The Kier molecular flexibility index (Phi) is 5.55. The smallest absolute Gasteiger partial charge is 0.253 e. The van der Waals surface area contributed by atoms with Gasteiger partial charge in [0.2, 0.25) is 0 Å². The number of aromatic nitrogens is 4. The van der Waals surface area contributed by atoms with Crippen LogP contribution < -0.4 is 10.6 Å². The maximum Gasteiger partial charge on any atom is 0.253 e. The van der Waals surface area contributed by atoms with Crippen LogP contribution in [0.15, 0.2) is 54.9 Å². The van der Waals surface area contributed by atoms with Gasteiger partial charge in [0, 0.05) is 23.7 Å². The van der Waals surface area contributed by atoms with Gasteiger partial charge in [0.1, 0.15) is 6.33 Å². The van der Waals surface area contributed by atoms with Gasteiger partial charge in [-0.05, 0) is 40.8 Å². The molecule has 0 bridgehead atoms. The summed E-state index contributed by atoms with van der Waals surface area (Å²) in [6.45, 7) is 0.555. The molecule has 3 rings (SSSR count). The van der Waals surface area contributed by atoms with Crippen molar-refractivity contribution in [3.63, 3.8) is 0 Å². The number of benzene rings is 2. The van der Waals surface area contributed by atoms with E-state index in [0.717, 1.165) is 0 Å². The molecule has 0 unspecified atom stereocenters. The highest BCUT2D eigenvalue weighted by Gasteiger charge is 2.14. The van der Waals surface area contributed by atoms with Crippen LogP contribution in [0.25, 0.3) is 5.69 Å². The summed E-state index contributed by atoms with van der Waals surface area (Å²) in [5.41, 5.74) is 1.40. The van der Waals surface area contributed by atoms with Crippen molar-refractivity contribution in [1.82, 2.24) is 30.8 Å². The molecule has 0 saturated carbocycles. The molecule has 0 aliphatic carbocycles. The summed E-state index contributed by atoms with van der Waals surface area (Å²) >= 11 is 6.00. The van der Waals surface area contributed by atoms with E-state index in [1.807, 2.05) is 6.07 Å². The van der Waals surface area contributed by atoms with Crippen molar-refractivity contribution in [2.45, 2.75) is 0 Å². The number of tetrazole rings is 1. The van der Waals surface area contributed by atoms with Gasteiger partial charge in [-0.1, -0.05) is 29.8 Å². The number of nitrogens with zero attached hydrogens (tertiary/aromatic N) is 4. The topological polar surface area (TPSA) is 102 Å². The van der Waals surface area contributed by atoms with E-state index in [-0.39, 0.29) is 18.4 Å². The lowest BCUT2D eigenvalue weighted by Gasteiger charge is -2.10. The molecule has 0 fully saturated rings. The Morgan fingerprint density at radius 1 is 1.00 bits per heavy atom. The molecule has 2 N–H and O–H groups in total. The van der Waals surface area contributed by atoms with Crippen LogP contribution >= 0.6 is 11.6 Å². The van der Waals surface area contributed by atoms with E-state index in [2.05, 4.69) is 26.2 Å². The molecule has 9 heteroatoms. The van der Waals surface area contributed by atoms with Crippen LogP contribution in [-0.2, 0) is 0 Å². The van der Waals surface area contributed by atoms with Gasteiger partial charge in [0.15, 0.2) is 0 Å². The molecule has 1 heterocycles. The largest absolute Gasteiger partial charge is 0.350 e. The molecule has 0 saturated heterocycles. The fourth-order valence-corrected chi connectivity index (χ4v) is 2.47. The summed E-state index contributed by atoms with van der Waals surface area (Å²) in [5, 5.41) is 16.8. The summed E-state index contributed by atoms with van der Waals surface area (Å²) in [6, 6.07) is 13.7. The Hall–Kier alpha value is -3.26. The number of carbonyl (C=O) groups is 2. The van der Waals surface area contributed by atoms with E-state index < -0.39 is 0 Å². The lowest BCUT2D eigenvalue weighted by Crippen LogP contribution is -2.35. The summed E-state index contributed by atoms with van der Waals surface area (Å²) < 4.78 is 1.38. The maximum atomic E-state index is 12.5. The molecule has 0 atom stereocenters. The second-order valence-corrected chi connectivity index (χ2v) is 5.73. The zero-order chi connectivity index (χ0) is 18.4. The van der Waals surface area contributed by atoms with E-state index in [9.17, 15) is 9.59 Å². The van der Waals surface area contributed by atoms with Crippen molar-refractivity contribution in [3.05, 3.63) is 71.0 Å². The Bertz CT molecular complexity index is 899. The lowest BCUT2D eigenvalue weighted by atomic mass is 10.1. The van der Waals surface area contributed by atoms with Gasteiger partial charge < -0.3 is 10.6 Å². The number of hydrogen-bond acceptors (Lipinski definition) is 5. The van der Waals surface area contributed by atoms with Gasteiger partial charge >= 0.3 is 0 Å². The quantitative estimate of drug-likeness (QED) is 0.640. The van der Waals surface area contributed by atoms with Gasteiger partial charge in [-0.3, -0.25) is 9.59 Å². The van der Waals surface area contributed by atoms with Crippen molar-refractivity contribution in [1.29, 1.82) is 0 Å². The predicted octanol–water partition coefficient (Wildman–Crippen LogP) is 1.48. The normalized spacial score (nSPS) is 10.3. The fourth-order valence-electron chi connectivity index (χ4n) is 2.30. The minimum atomic E-state index is -0.341. The van der Waals surface area contributed by atoms with Crippen LogP contribution in [0.5, 0.6) is 0 Å². The van der Waals surface area contributed by atoms with E-state index in [0.29, 0.717) is 28.4 Å². The minimum Gasteiger partial charge on any atom is -0.350 e. The second kappa shape index (κ2) is 8.21. The molecule has 0 radical (unpaired) electrons. The highest BCUT2D eigenvalue weighted by Crippen LogP contribution is 2.18. The number of amides is 2. The third-order valence-corrected chi connectivity index (χ3v) is 3.77. The van der Waals surface area contributed by atoms with Gasteiger partial charge in [-0.25, -0.2) is 0 Å². The molecule has 0 aliphatic heterocycles. The number of hydrogen-bond donors (Lipinski definition) is 2. The van der Waals surface area contributed by atoms with Crippen molar-refractivity contribution in [2.75, 3.05) is 13.1 Å². The highest BCUT2D eigenvalue weighted by molar-refractivity contribution is 6.31. The summed E-state index contributed by atoms with van der Waals surface area (Å²) in [4.78, 5) is 24.4. The first-order valence-corrected chi connectivity index (χ1v) is 8.17. The predicted molar refractivity (Wildman–Crippen MR) is 95.3 cm³/mol. The van der Waals surface area contributed by atoms with Crippen LogP contribution in [0, 0.1) is 0 Å². The van der Waals surface area contributed by atoms with E-state index in [1.54, 1.807) is 36.4 Å². The van der Waals surface area contributed by atoms with Gasteiger partial charge in [0.05, 0.1) is 11.3 Å². The number of nitrogens with one attached hydrogen (secondary N) is 2. The Morgan fingerprint density at radius 3 is 2.42 bits per heavy atom. The van der Waals surface area contributed by atoms with Crippen LogP contribution in [0.3, 0.4) is 0 Å². The first-order chi connectivity index (χ1) is 12.6. The third kappa shape index (κ3) is 4.22. The van der Waals surface area contributed by atoms with Crippen molar-refractivity contribution >= 4 is 23.4 Å². The van der Waals surface area contributed by atoms with Gasteiger partial charge in [0.25, 0.3) is 11.8 Å². The number of rotatable bonds is 6. The molecule has 1 aromatic heterocycles. The highest BCUT2D eigenvalue weighted by atomic mass is 35.5. The van der Waals surface area contributed by atoms with Crippen LogP contribution in [0.1, 0.15) is 20.7 Å². The molecule has 8 nitrogen and oxygen atoms in total. The number of carbonyl (C=O) groups excluding carboxylic acids is 2. The van der Waals surface area contributed by atoms with Crippen LogP contribution in [-0.4, -0.2) is 45.1 Å². The lowest BCUT2D eigenvalue weighted by molar-refractivity contribution is 0.0927. The van der Waals surface area contributed by atoms with E-state index >= 15 is 0 Å². The molecule has 3 aromatic rings. The summed E-state index contributed by atoms with van der Waals surface area (Å²) in [6.07, 6.45) is 1.39. The second-order valence-electron chi connectivity index (χ2n) is 5.29. The van der Waals surface area contributed by atoms with E-state index in [4.69, 9.17) is 11.6 Å². The van der Waals surface area contributed by atoms with Crippen LogP contribution in [0.4, 0.5) is 0 Å². The molecule has 2 amide bonds. The van der Waals surface area contributed by atoms with Crippen molar-refractivity contribution < 1.29 is 9.59 Å². The third-order valence-electron chi connectivity index (χ3n) is 3.53. The standard InChI is InChI=1S/C17H15ClN6O2/c18-13-6-7-15(24-11-21-22-23-24)14(10-13)17(26)20-9-8-19-16(25)12-4-2-1-3-5-12/h1-7,10-11H,8-9H2,(H,19,25)(H,20,26). The SMILES string of the molecule is O=C(NCCNC(=O)c1cc(Cl)ccc1-n1cnnn1)c1ccccc1. The van der Waals surface area contributed by atoms with Crippen molar-refractivity contribution in [3.8, 4) is 5.69 Å². The molecule has 0 aliphatic rings. The monoisotopic (exact) mass is 370 g/mol. The van der Waals surface area contributed by atoms with Crippen LogP contribution in [0.2, 0.25) is 5.02 Å². The van der Waals surface area contributed by atoms with Gasteiger partial charge in [-0.15, -0.1) is 5.10 Å². The maximum absolute atomic E-state index is 12.5. The Balaban J connectivity index is 1.59. The molecular formula is C17H15ClN6O2. The first-order valence-electron chi connectivity index (χ1n) is 7.79. The van der Waals surface area contributed by atoms with E-state index in [1.165, 1.54) is 17.1 Å². The number of halogens is 1. The molecular weight excluding hydrogens is 356 g/mol. The molecule has 2 aromatic carbocycles. The first kappa shape index (κ1) is 17.6. The van der Waals surface area contributed by atoms with Crippen molar-refractivity contribution in [2.24, 2.45) is 0 Å². The fraction of sp³-hybridized carbons (Fsp3) is 0.118. The molecule has 132 valence electrons. The Labute approximate surface area is 154 Å². The summed E-state index contributed by atoms with van der Waals surface area (Å²) in [5.74, 6) is -0.538. The minimum absolute atomic E-state index is 0.197. The molecule has 0 spiro atoms. The zero-order valence-electron chi connectivity index (χ0n) is 13.6. The van der Waals surface area contributed by atoms with Gasteiger partial charge in [-0.2, -0.15) is 4.68 Å². The summed E-state index contributed by atoms with van der Waals surface area (Å²) in [7, 11) is 0. The average Bonchev–Trinajstić information content (AvgIpc) is 3.20. The average molecular weight is 371 g/mol.